The molecule has 0 aromatic heterocycles. The number of urea groups is 1. The zero-order chi connectivity index (χ0) is 24.2. The molecule has 0 aliphatic carbocycles. The van der Waals surface area contributed by atoms with Crippen LogP contribution < -0.4 is 19.7 Å². The summed E-state index contributed by atoms with van der Waals surface area (Å²) in [7, 11) is 1.47. The van der Waals surface area contributed by atoms with Crippen molar-refractivity contribution in [3.8, 4) is 11.5 Å². The van der Waals surface area contributed by atoms with Gasteiger partial charge in [-0.1, -0.05) is 29.8 Å². The summed E-state index contributed by atoms with van der Waals surface area (Å²) in [6.45, 7) is 0.100. The number of hydrogen-bond donors (Lipinski definition) is 1. The van der Waals surface area contributed by atoms with Crippen LogP contribution in [0.5, 0.6) is 11.5 Å². The molecule has 10 heteroatoms. The van der Waals surface area contributed by atoms with Gasteiger partial charge < -0.3 is 14.8 Å². The topological polar surface area (TPSA) is 111 Å². The zero-order valence-corrected chi connectivity index (χ0v) is 18.6. The van der Waals surface area contributed by atoms with Crippen LogP contribution in [-0.2, 0) is 11.4 Å². The number of benzene rings is 3. The molecule has 1 aliphatic heterocycles. The fourth-order valence-corrected chi connectivity index (χ4v) is 3.47. The number of nitrogens with one attached hydrogen (secondary N) is 1. The second-order valence-electron chi connectivity index (χ2n) is 7.23. The van der Waals surface area contributed by atoms with Crippen LogP contribution in [-0.4, -0.2) is 24.0 Å². The first-order chi connectivity index (χ1) is 16.4. The van der Waals surface area contributed by atoms with Gasteiger partial charge in [-0.25, -0.2) is 9.69 Å². The fourth-order valence-electron chi connectivity index (χ4n) is 3.34. The molecular formula is C24H18ClN3O6. The monoisotopic (exact) mass is 479 g/mol. The SMILES string of the molecule is COc1cc(/C=C2/NC(=O)N(c3ccc(Cl)cc3)C2=O)ccc1OCc1cccc([N+](=O)[O-])c1. The minimum absolute atomic E-state index is 0.0223. The van der Waals surface area contributed by atoms with E-state index in [1.807, 2.05) is 0 Å². The molecule has 0 radical (unpaired) electrons. The van der Waals surface area contributed by atoms with E-state index in [-0.39, 0.29) is 18.0 Å². The van der Waals surface area contributed by atoms with Gasteiger partial charge in [-0.2, -0.15) is 0 Å². The Labute approximate surface area is 199 Å². The number of ether oxygens (including phenoxy) is 2. The molecule has 0 spiro atoms. The Bertz CT molecular complexity index is 1310. The highest BCUT2D eigenvalue weighted by Gasteiger charge is 2.34. The number of methoxy groups -OCH3 is 1. The fraction of sp³-hybridized carbons (Fsp3) is 0.0833. The first-order valence-electron chi connectivity index (χ1n) is 10.0. The Morgan fingerprint density at radius 2 is 1.82 bits per heavy atom. The third-order valence-electron chi connectivity index (χ3n) is 4.98. The Balaban J connectivity index is 1.51. The van der Waals surface area contributed by atoms with Crippen molar-refractivity contribution in [2.24, 2.45) is 0 Å². The van der Waals surface area contributed by atoms with Gasteiger partial charge in [0.05, 0.1) is 17.7 Å². The molecule has 0 saturated carbocycles. The predicted octanol–water partition coefficient (Wildman–Crippen LogP) is 4.93. The van der Waals surface area contributed by atoms with Gasteiger partial charge in [0, 0.05) is 17.2 Å². The second-order valence-corrected chi connectivity index (χ2v) is 7.67. The van der Waals surface area contributed by atoms with Crippen molar-refractivity contribution < 1.29 is 24.0 Å². The van der Waals surface area contributed by atoms with Crippen LogP contribution in [0.3, 0.4) is 0 Å². The quantitative estimate of drug-likeness (QED) is 0.222. The average Bonchev–Trinajstić information content (AvgIpc) is 3.11. The van der Waals surface area contributed by atoms with E-state index in [1.54, 1.807) is 54.6 Å². The van der Waals surface area contributed by atoms with Gasteiger partial charge in [0.1, 0.15) is 12.3 Å². The molecule has 0 bridgehead atoms. The molecule has 4 rings (SSSR count). The summed E-state index contributed by atoms with van der Waals surface area (Å²) in [4.78, 5) is 36.7. The molecule has 1 heterocycles. The van der Waals surface area contributed by atoms with Crippen molar-refractivity contribution in [2.75, 3.05) is 12.0 Å². The van der Waals surface area contributed by atoms with Crippen molar-refractivity contribution in [2.45, 2.75) is 6.61 Å². The summed E-state index contributed by atoms with van der Waals surface area (Å²) in [5, 5.41) is 14.0. The molecule has 0 unspecified atom stereocenters. The van der Waals surface area contributed by atoms with Gasteiger partial charge in [0.15, 0.2) is 11.5 Å². The van der Waals surface area contributed by atoms with Crippen LogP contribution in [0.2, 0.25) is 5.02 Å². The lowest BCUT2D eigenvalue weighted by molar-refractivity contribution is -0.384. The summed E-state index contributed by atoms with van der Waals surface area (Å²) in [6.07, 6.45) is 1.53. The summed E-state index contributed by atoms with van der Waals surface area (Å²) in [5.41, 5.74) is 1.71. The lowest BCUT2D eigenvalue weighted by Crippen LogP contribution is -2.30. The van der Waals surface area contributed by atoms with E-state index in [0.29, 0.717) is 33.3 Å². The number of non-ortho nitro benzene ring substituents is 1. The van der Waals surface area contributed by atoms with Crippen molar-refractivity contribution >= 4 is 41.0 Å². The Kier molecular flexibility index (Phi) is 6.46. The summed E-state index contributed by atoms with van der Waals surface area (Å²) in [6, 6.07) is 16.9. The summed E-state index contributed by atoms with van der Waals surface area (Å²) in [5.74, 6) is 0.309. The first-order valence-corrected chi connectivity index (χ1v) is 10.4. The lowest BCUT2D eigenvalue weighted by atomic mass is 10.1. The standard InChI is InChI=1S/C24H18ClN3O6/c1-33-22-13-15(5-10-21(22)34-14-16-3-2-4-19(11-16)28(31)32)12-20-23(29)27(24(30)26-20)18-8-6-17(25)7-9-18/h2-13H,14H2,1H3,(H,26,30)/b20-12+. The van der Waals surface area contributed by atoms with Crippen molar-refractivity contribution in [3.63, 3.8) is 0 Å². The van der Waals surface area contributed by atoms with Gasteiger partial charge >= 0.3 is 6.03 Å². The summed E-state index contributed by atoms with van der Waals surface area (Å²) >= 11 is 5.88. The summed E-state index contributed by atoms with van der Waals surface area (Å²) < 4.78 is 11.2. The number of amides is 3. The maximum atomic E-state index is 12.8. The van der Waals surface area contributed by atoms with E-state index in [1.165, 1.54) is 25.3 Å². The Hall–Kier alpha value is -4.37. The van der Waals surface area contributed by atoms with Gasteiger partial charge in [0.2, 0.25) is 0 Å². The number of nitrogens with zero attached hydrogens (tertiary/aromatic N) is 2. The number of rotatable bonds is 7. The largest absolute Gasteiger partial charge is 0.493 e. The Morgan fingerprint density at radius 3 is 2.53 bits per heavy atom. The first kappa shape index (κ1) is 22.8. The van der Waals surface area contributed by atoms with Crippen LogP contribution in [0.1, 0.15) is 11.1 Å². The molecule has 1 fully saturated rings. The lowest BCUT2D eigenvalue weighted by Gasteiger charge is -2.12. The molecule has 172 valence electrons. The molecule has 3 aromatic carbocycles. The molecule has 1 aliphatic rings. The average molecular weight is 480 g/mol. The maximum absolute atomic E-state index is 12.8. The Morgan fingerprint density at radius 1 is 1.06 bits per heavy atom. The van der Waals surface area contributed by atoms with E-state index < -0.39 is 16.9 Å². The van der Waals surface area contributed by atoms with E-state index >= 15 is 0 Å². The normalized spacial score (nSPS) is 14.3. The number of nitro groups is 1. The molecule has 1 N–H and O–H groups in total. The molecule has 1 saturated heterocycles. The molecule has 3 amide bonds. The number of halogens is 1. The predicted molar refractivity (Wildman–Crippen MR) is 126 cm³/mol. The number of hydrogen-bond acceptors (Lipinski definition) is 6. The number of carbonyl (C=O) groups excluding carboxylic acids is 2. The number of imide groups is 1. The van der Waals surface area contributed by atoms with Gasteiger partial charge in [-0.05, 0) is 53.6 Å². The van der Waals surface area contributed by atoms with Gasteiger partial charge in [-0.3, -0.25) is 14.9 Å². The number of carbonyl (C=O) groups is 2. The van der Waals surface area contributed by atoms with Crippen LogP contribution in [0.25, 0.3) is 6.08 Å². The number of nitro benzene ring substituents is 1. The highest BCUT2D eigenvalue weighted by atomic mass is 35.5. The van der Waals surface area contributed by atoms with Gasteiger partial charge in [0.25, 0.3) is 11.6 Å². The zero-order valence-electron chi connectivity index (χ0n) is 17.9. The van der Waals surface area contributed by atoms with Crippen molar-refractivity contribution in [3.05, 3.63) is 98.7 Å². The van der Waals surface area contributed by atoms with E-state index in [4.69, 9.17) is 21.1 Å². The molecule has 3 aromatic rings. The van der Waals surface area contributed by atoms with Crippen LogP contribution in [0, 0.1) is 10.1 Å². The third-order valence-corrected chi connectivity index (χ3v) is 5.23. The molecule has 0 atom stereocenters. The minimum Gasteiger partial charge on any atom is -0.493 e. The van der Waals surface area contributed by atoms with Crippen molar-refractivity contribution in [1.29, 1.82) is 0 Å². The molecule has 34 heavy (non-hydrogen) atoms. The smallest absolute Gasteiger partial charge is 0.333 e. The maximum Gasteiger partial charge on any atom is 0.333 e. The number of anilines is 1. The van der Waals surface area contributed by atoms with Crippen LogP contribution >= 0.6 is 11.6 Å². The highest BCUT2D eigenvalue weighted by molar-refractivity contribution is 6.31. The molecular weight excluding hydrogens is 462 g/mol. The van der Waals surface area contributed by atoms with E-state index in [9.17, 15) is 19.7 Å². The van der Waals surface area contributed by atoms with E-state index in [0.717, 1.165) is 4.90 Å². The molecule has 9 nitrogen and oxygen atoms in total. The highest BCUT2D eigenvalue weighted by Crippen LogP contribution is 2.31. The van der Waals surface area contributed by atoms with Crippen LogP contribution in [0.15, 0.2) is 72.4 Å². The van der Waals surface area contributed by atoms with E-state index in [2.05, 4.69) is 5.32 Å². The van der Waals surface area contributed by atoms with Gasteiger partial charge in [-0.15, -0.1) is 0 Å². The van der Waals surface area contributed by atoms with Crippen molar-refractivity contribution in [1.82, 2.24) is 5.32 Å². The third kappa shape index (κ3) is 4.84. The minimum atomic E-state index is -0.567. The van der Waals surface area contributed by atoms with Crippen LogP contribution in [0.4, 0.5) is 16.2 Å². The second kappa shape index (κ2) is 9.63.